The van der Waals surface area contributed by atoms with Gasteiger partial charge in [0.1, 0.15) is 13.2 Å². The first-order valence-corrected chi connectivity index (χ1v) is 27.5. The predicted octanol–water partition coefficient (Wildman–Crippen LogP) is 18.5. The van der Waals surface area contributed by atoms with Gasteiger partial charge in [-0.3, -0.25) is 14.4 Å². The molecule has 6 nitrogen and oxygen atoms in total. The molecule has 68 heavy (non-hydrogen) atoms. The Labute approximate surface area is 418 Å². The van der Waals surface area contributed by atoms with E-state index in [2.05, 4.69) is 130 Å². The zero-order valence-electron chi connectivity index (χ0n) is 43.8. The van der Waals surface area contributed by atoms with Gasteiger partial charge in [-0.15, -0.1) is 0 Å². The topological polar surface area (TPSA) is 78.9 Å². The van der Waals surface area contributed by atoms with Crippen LogP contribution >= 0.6 is 0 Å². The summed E-state index contributed by atoms with van der Waals surface area (Å²) in [6.45, 7) is 6.31. The number of unbranched alkanes of at least 4 members (excludes halogenated alkanes) is 17. The molecule has 1 unspecified atom stereocenters. The maximum Gasteiger partial charge on any atom is 0.306 e. The van der Waals surface area contributed by atoms with Crippen LogP contribution in [0.25, 0.3) is 0 Å². The highest BCUT2D eigenvalue weighted by Gasteiger charge is 2.19. The van der Waals surface area contributed by atoms with Gasteiger partial charge in [0.2, 0.25) is 0 Å². The van der Waals surface area contributed by atoms with Crippen molar-refractivity contribution in [1.29, 1.82) is 0 Å². The molecule has 1 atom stereocenters. The Balaban J connectivity index is 4.50. The molecule has 0 aromatic heterocycles. The van der Waals surface area contributed by atoms with E-state index in [1.54, 1.807) is 0 Å². The van der Waals surface area contributed by atoms with Crippen molar-refractivity contribution in [3.8, 4) is 0 Å². The van der Waals surface area contributed by atoms with Crippen molar-refractivity contribution in [3.63, 3.8) is 0 Å². The summed E-state index contributed by atoms with van der Waals surface area (Å²) in [4.78, 5) is 38.0. The van der Waals surface area contributed by atoms with E-state index < -0.39 is 6.10 Å². The van der Waals surface area contributed by atoms with Crippen molar-refractivity contribution in [2.24, 2.45) is 0 Å². The quantitative estimate of drug-likeness (QED) is 0.0262. The van der Waals surface area contributed by atoms with Crippen LogP contribution in [0.2, 0.25) is 0 Å². The Bertz CT molecular complexity index is 1450. The molecule has 0 saturated heterocycles. The van der Waals surface area contributed by atoms with Crippen LogP contribution in [0.1, 0.15) is 233 Å². The predicted molar refractivity (Wildman–Crippen MR) is 293 cm³/mol. The number of carbonyl (C=O) groups is 3. The third kappa shape index (κ3) is 52.8. The zero-order chi connectivity index (χ0) is 49.3. The first kappa shape index (κ1) is 63.8. The summed E-state index contributed by atoms with van der Waals surface area (Å²) in [7, 11) is 0. The number of rotatable bonds is 48. The van der Waals surface area contributed by atoms with E-state index in [0.717, 1.165) is 128 Å². The summed E-state index contributed by atoms with van der Waals surface area (Å²) >= 11 is 0. The van der Waals surface area contributed by atoms with Crippen molar-refractivity contribution in [2.75, 3.05) is 13.2 Å². The molecule has 0 radical (unpaired) electrons. The van der Waals surface area contributed by atoms with Gasteiger partial charge in [0.25, 0.3) is 0 Å². The van der Waals surface area contributed by atoms with Crippen molar-refractivity contribution < 1.29 is 28.6 Å². The largest absolute Gasteiger partial charge is 0.462 e. The molecular weight excluding hydrogens is 841 g/mol. The number of allylic oxidation sites excluding steroid dienone is 20. The van der Waals surface area contributed by atoms with Crippen LogP contribution in [0.15, 0.2) is 122 Å². The van der Waals surface area contributed by atoms with E-state index in [1.807, 2.05) is 12.2 Å². The monoisotopic (exact) mass is 941 g/mol. The minimum Gasteiger partial charge on any atom is -0.462 e. The fourth-order valence-electron chi connectivity index (χ4n) is 7.12. The van der Waals surface area contributed by atoms with Gasteiger partial charge in [-0.05, 0) is 116 Å². The van der Waals surface area contributed by atoms with Gasteiger partial charge >= 0.3 is 17.9 Å². The molecule has 0 bridgehead atoms. The number of hydrogen-bond donors (Lipinski definition) is 0. The van der Waals surface area contributed by atoms with Gasteiger partial charge in [0.15, 0.2) is 6.10 Å². The molecule has 0 heterocycles. The number of esters is 3. The Morgan fingerprint density at radius 1 is 0.309 bits per heavy atom. The Hall–Kier alpha value is -4.19. The Kier molecular flexibility index (Phi) is 52.0. The minimum atomic E-state index is -0.823. The Morgan fingerprint density at radius 3 is 1.00 bits per heavy atom. The molecule has 0 aliphatic carbocycles. The molecule has 0 aromatic rings. The summed E-state index contributed by atoms with van der Waals surface area (Å²) in [5.74, 6) is -1.03. The average Bonchev–Trinajstić information content (AvgIpc) is 3.34. The summed E-state index contributed by atoms with van der Waals surface area (Å²) < 4.78 is 16.7. The van der Waals surface area contributed by atoms with E-state index in [1.165, 1.54) is 57.8 Å². The second kappa shape index (κ2) is 55.4. The second-order valence-electron chi connectivity index (χ2n) is 17.7. The molecule has 6 heteroatoms. The van der Waals surface area contributed by atoms with Crippen LogP contribution in [-0.2, 0) is 28.6 Å². The van der Waals surface area contributed by atoms with E-state index >= 15 is 0 Å². The van der Waals surface area contributed by atoms with E-state index in [-0.39, 0.29) is 37.5 Å². The highest BCUT2D eigenvalue weighted by atomic mass is 16.6. The lowest BCUT2D eigenvalue weighted by Crippen LogP contribution is -2.30. The first-order valence-electron chi connectivity index (χ1n) is 27.5. The minimum absolute atomic E-state index is 0.117. The molecule has 0 aliphatic heterocycles. The maximum absolute atomic E-state index is 12.8. The third-order valence-electron chi connectivity index (χ3n) is 11.2. The van der Waals surface area contributed by atoms with Gasteiger partial charge in [-0.1, -0.05) is 219 Å². The molecule has 0 fully saturated rings. The van der Waals surface area contributed by atoms with Crippen LogP contribution in [0.4, 0.5) is 0 Å². The van der Waals surface area contributed by atoms with Gasteiger partial charge in [-0.2, -0.15) is 0 Å². The summed E-state index contributed by atoms with van der Waals surface area (Å²) in [5.41, 5.74) is 0. The number of ether oxygens (including phenoxy) is 3. The van der Waals surface area contributed by atoms with Gasteiger partial charge in [0.05, 0.1) is 0 Å². The molecule has 384 valence electrons. The highest BCUT2D eigenvalue weighted by molar-refractivity contribution is 5.71. The van der Waals surface area contributed by atoms with Crippen LogP contribution in [0, 0.1) is 0 Å². The molecule has 0 rings (SSSR count). The molecule has 0 N–H and O–H groups in total. The van der Waals surface area contributed by atoms with E-state index in [0.29, 0.717) is 19.3 Å². The van der Waals surface area contributed by atoms with Gasteiger partial charge in [-0.25, -0.2) is 0 Å². The molecule has 0 spiro atoms. The standard InChI is InChI=1S/C62H100O6/c1-4-7-10-13-16-19-22-25-27-29-30-31-32-33-35-37-40-43-46-49-52-55-61(64)67-58-59(57-66-60(63)54-51-48-45-42-39-36-24-21-18-15-12-9-6-3)68-62(65)56-53-50-47-44-41-38-34-28-26-23-20-17-14-11-8-5-2/h7,9-10,12,16,18-19,21,25,27-28,30-31,33-36,39,45,48,59H,4-6,8,11,13-15,17,20,22-24,26,29,32,37-38,40-44,46-47,49-58H2,1-3H3/b10-7-,12-9-,19-16-,21-18-,27-25-,31-30-,34-28-,35-33-,39-36-,48-45-. The van der Waals surface area contributed by atoms with Gasteiger partial charge < -0.3 is 14.2 Å². The van der Waals surface area contributed by atoms with E-state index in [9.17, 15) is 14.4 Å². The van der Waals surface area contributed by atoms with Crippen LogP contribution < -0.4 is 0 Å². The van der Waals surface area contributed by atoms with Crippen molar-refractivity contribution >= 4 is 17.9 Å². The summed E-state index contributed by atoms with van der Waals surface area (Å²) in [6, 6.07) is 0. The highest BCUT2D eigenvalue weighted by Crippen LogP contribution is 2.13. The normalized spacial score (nSPS) is 13.0. The van der Waals surface area contributed by atoms with Crippen molar-refractivity contribution in [2.45, 2.75) is 239 Å². The fraction of sp³-hybridized carbons (Fsp3) is 0.629. The lowest BCUT2D eigenvalue weighted by atomic mass is 10.1. The first-order chi connectivity index (χ1) is 33.5. The van der Waals surface area contributed by atoms with Gasteiger partial charge in [0, 0.05) is 19.3 Å². The number of hydrogen-bond acceptors (Lipinski definition) is 6. The van der Waals surface area contributed by atoms with Crippen molar-refractivity contribution in [3.05, 3.63) is 122 Å². The SMILES string of the molecule is CC/C=C\C/C=C\C/C=C\C/C=C\C/C=C\CCCCCCCC(=O)OCC(COC(=O)CC/C=C\C/C=C\C/C=C\C/C=C\CC)OC(=O)CCCCCCC/C=C\CCCCCCCCC. The zero-order valence-corrected chi connectivity index (χ0v) is 43.8. The molecule has 0 saturated carbocycles. The molecule has 0 aliphatic rings. The molecule has 0 amide bonds. The third-order valence-corrected chi connectivity index (χ3v) is 11.2. The van der Waals surface area contributed by atoms with Crippen molar-refractivity contribution in [1.82, 2.24) is 0 Å². The number of carbonyl (C=O) groups excluding carboxylic acids is 3. The summed E-state index contributed by atoms with van der Waals surface area (Å²) in [6.07, 6.45) is 76.3. The lowest BCUT2D eigenvalue weighted by molar-refractivity contribution is -0.166. The molecular formula is C62H100O6. The van der Waals surface area contributed by atoms with Crippen LogP contribution in [0.5, 0.6) is 0 Å². The average molecular weight is 941 g/mol. The molecule has 0 aromatic carbocycles. The van der Waals surface area contributed by atoms with Crippen LogP contribution in [-0.4, -0.2) is 37.2 Å². The second-order valence-corrected chi connectivity index (χ2v) is 17.7. The van der Waals surface area contributed by atoms with E-state index in [4.69, 9.17) is 14.2 Å². The lowest BCUT2D eigenvalue weighted by Gasteiger charge is -2.18. The fourth-order valence-corrected chi connectivity index (χ4v) is 7.12. The smallest absolute Gasteiger partial charge is 0.306 e. The van der Waals surface area contributed by atoms with Crippen LogP contribution in [0.3, 0.4) is 0 Å². The summed E-state index contributed by atoms with van der Waals surface area (Å²) in [5, 5.41) is 0. The maximum atomic E-state index is 12.8. The Morgan fingerprint density at radius 2 is 0.603 bits per heavy atom.